The molecule has 2 aromatic heterocycles. The monoisotopic (exact) mass is 575 g/mol. The Hall–Kier alpha value is -2.69. The lowest BCUT2D eigenvalue weighted by Crippen LogP contribution is -2.36. The molecule has 0 N–H and O–H groups in total. The standard InChI is InChI=1S/C27H31FN3O6PS/c1-6-8-34-38(32,35-9-7-2)36-15-27(4)13-18-24(37-27)19(28)12-21-25(18)39-26(31-21)17-10-16(3)11-20-23(17)29-14-22(30-20)33-5/h10-12,14H,6-9,13,15H2,1-5H3/t27-/m0/s1. The van der Waals surface area contributed by atoms with E-state index in [1.165, 1.54) is 17.4 Å². The van der Waals surface area contributed by atoms with Crippen LogP contribution in [-0.4, -0.2) is 47.5 Å². The maximum Gasteiger partial charge on any atom is 0.474 e. The van der Waals surface area contributed by atoms with E-state index in [0.29, 0.717) is 52.3 Å². The van der Waals surface area contributed by atoms with E-state index in [1.54, 1.807) is 20.2 Å². The molecule has 1 aliphatic rings. The number of phosphoric ester groups is 1. The van der Waals surface area contributed by atoms with Crippen LogP contribution in [0.4, 0.5) is 4.39 Å². The van der Waals surface area contributed by atoms with Gasteiger partial charge in [0.25, 0.3) is 0 Å². The normalized spacial score (nSPS) is 17.1. The second-order valence-electron chi connectivity index (χ2n) is 9.74. The number of thiazole rings is 1. The summed E-state index contributed by atoms with van der Waals surface area (Å²) >= 11 is 1.44. The largest absolute Gasteiger partial charge is 0.481 e. The molecule has 3 heterocycles. The van der Waals surface area contributed by atoms with Crippen LogP contribution < -0.4 is 9.47 Å². The third-order valence-electron chi connectivity index (χ3n) is 6.22. The molecule has 4 aromatic rings. The lowest BCUT2D eigenvalue weighted by atomic mass is 10.00. The molecule has 0 saturated heterocycles. The number of fused-ring (bicyclic) bond motifs is 4. The summed E-state index contributed by atoms with van der Waals surface area (Å²) in [5.41, 5.74) is 3.42. The number of nitrogens with zero attached hydrogens (tertiary/aromatic N) is 3. The van der Waals surface area contributed by atoms with Gasteiger partial charge in [-0.25, -0.2) is 23.9 Å². The van der Waals surface area contributed by atoms with Gasteiger partial charge < -0.3 is 9.47 Å². The Kier molecular flexibility index (Phi) is 7.90. The molecule has 0 saturated carbocycles. The Labute approximate surface area is 230 Å². The first-order valence-electron chi connectivity index (χ1n) is 12.8. The van der Waals surface area contributed by atoms with Gasteiger partial charge in [0.05, 0.1) is 54.4 Å². The molecule has 9 nitrogen and oxygen atoms in total. The maximum absolute atomic E-state index is 15.2. The molecule has 12 heteroatoms. The zero-order chi connectivity index (χ0) is 27.8. The highest BCUT2D eigenvalue weighted by molar-refractivity contribution is 7.48. The third kappa shape index (κ3) is 5.64. The highest BCUT2D eigenvalue weighted by atomic mass is 32.1. The molecular formula is C27H31FN3O6PS. The summed E-state index contributed by atoms with van der Waals surface area (Å²) in [6.07, 6.45) is 3.23. The van der Waals surface area contributed by atoms with Crippen LogP contribution in [0.25, 0.3) is 31.8 Å². The van der Waals surface area contributed by atoms with E-state index in [2.05, 4.69) is 9.97 Å². The number of rotatable bonds is 11. The predicted molar refractivity (Wildman–Crippen MR) is 148 cm³/mol. The molecule has 0 aliphatic carbocycles. The molecule has 0 radical (unpaired) electrons. The van der Waals surface area contributed by atoms with Crippen LogP contribution in [0.3, 0.4) is 0 Å². The van der Waals surface area contributed by atoms with Gasteiger partial charge in [0.1, 0.15) is 10.6 Å². The molecule has 1 aliphatic heterocycles. The average molecular weight is 576 g/mol. The highest BCUT2D eigenvalue weighted by Gasteiger charge is 2.42. The Balaban J connectivity index is 1.47. The van der Waals surface area contributed by atoms with Crippen LogP contribution in [0.15, 0.2) is 24.4 Å². The summed E-state index contributed by atoms with van der Waals surface area (Å²) in [6, 6.07) is 5.31. The van der Waals surface area contributed by atoms with Gasteiger partial charge >= 0.3 is 7.82 Å². The van der Waals surface area contributed by atoms with E-state index >= 15 is 4.39 Å². The van der Waals surface area contributed by atoms with Crippen LogP contribution in [0.5, 0.6) is 11.6 Å². The summed E-state index contributed by atoms with van der Waals surface area (Å²) < 4.78 is 57.0. The molecule has 0 amide bonds. The van der Waals surface area contributed by atoms with Crippen molar-refractivity contribution in [2.75, 3.05) is 26.9 Å². The minimum absolute atomic E-state index is 0.0983. The first-order chi connectivity index (χ1) is 18.7. The fraction of sp³-hybridized carbons (Fsp3) is 0.444. The number of benzene rings is 2. The van der Waals surface area contributed by atoms with Crippen molar-refractivity contribution in [3.05, 3.63) is 41.3 Å². The van der Waals surface area contributed by atoms with E-state index in [4.69, 9.17) is 28.0 Å². The van der Waals surface area contributed by atoms with Gasteiger partial charge in [0, 0.05) is 23.6 Å². The van der Waals surface area contributed by atoms with Crippen molar-refractivity contribution in [1.29, 1.82) is 0 Å². The number of ether oxygens (including phenoxy) is 2. The van der Waals surface area contributed by atoms with Crippen LogP contribution >= 0.6 is 19.2 Å². The minimum atomic E-state index is -3.78. The van der Waals surface area contributed by atoms with Crippen LogP contribution in [0.2, 0.25) is 0 Å². The summed E-state index contributed by atoms with van der Waals surface area (Å²) in [7, 11) is -2.23. The topological polar surface area (TPSA) is 102 Å². The number of hydrogen-bond donors (Lipinski definition) is 0. The van der Waals surface area contributed by atoms with Gasteiger partial charge in [0.15, 0.2) is 11.6 Å². The summed E-state index contributed by atoms with van der Waals surface area (Å²) in [5, 5.41) is 0.696. The van der Waals surface area contributed by atoms with E-state index in [0.717, 1.165) is 15.8 Å². The number of hydrogen-bond acceptors (Lipinski definition) is 10. The van der Waals surface area contributed by atoms with Gasteiger partial charge in [-0.15, -0.1) is 11.3 Å². The molecule has 0 unspecified atom stereocenters. The average Bonchev–Trinajstić information content (AvgIpc) is 3.50. The Bertz CT molecular complexity index is 1570. The van der Waals surface area contributed by atoms with Gasteiger partial charge in [-0.05, 0) is 44.4 Å². The Morgan fingerprint density at radius 2 is 1.85 bits per heavy atom. The van der Waals surface area contributed by atoms with Gasteiger partial charge in [0.2, 0.25) is 5.88 Å². The predicted octanol–water partition coefficient (Wildman–Crippen LogP) is 7.03. The number of aryl methyl sites for hydroxylation is 1. The summed E-state index contributed by atoms with van der Waals surface area (Å²) in [4.78, 5) is 13.8. The number of methoxy groups -OCH3 is 1. The SMILES string of the molecule is CCCOP(=O)(OCCC)OC[C@]1(C)Cc2c(c(F)cc3nc(-c4cc(C)cc5nc(OC)cnc45)sc23)O1. The molecule has 0 bridgehead atoms. The molecule has 1 atom stereocenters. The molecule has 39 heavy (non-hydrogen) atoms. The second kappa shape index (κ2) is 11.1. The van der Waals surface area contributed by atoms with Crippen LogP contribution in [0.1, 0.15) is 44.7 Å². The zero-order valence-electron chi connectivity index (χ0n) is 22.6. The van der Waals surface area contributed by atoms with E-state index < -0.39 is 19.2 Å². The maximum atomic E-state index is 15.2. The number of aromatic nitrogens is 3. The number of halogens is 1. The van der Waals surface area contributed by atoms with E-state index in [-0.39, 0.29) is 25.6 Å². The van der Waals surface area contributed by atoms with Gasteiger partial charge in [-0.2, -0.15) is 0 Å². The Morgan fingerprint density at radius 3 is 2.54 bits per heavy atom. The van der Waals surface area contributed by atoms with Crippen molar-refractivity contribution in [2.24, 2.45) is 0 Å². The molecular weight excluding hydrogens is 544 g/mol. The molecule has 5 rings (SSSR count). The minimum Gasteiger partial charge on any atom is -0.481 e. The molecule has 0 spiro atoms. The van der Waals surface area contributed by atoms with Crippen LogP contribution in [-0.2, 0) is 24.6 Å². The molecule has 208 valence electrons. The van der Waals surface area contributed by atoms with Crippen molar-refractivity contribution in [1.82, 2.24) is 15.0 Å². The second-order valence-corrected chi connectivity index (χ2v) is 12.4. The van der Waals surface area contributed by atoms with Crippen molar-refractivity contribution in [2.45, 2.75) is 52.6 Å². The Morgan fingerprint density at radius 1 is 1.10 bits per heavy atom. The zero-order valence-corrected chi connectivity index (χ0v) is 24.3. The van der Waals surface area contributed by atoms with E-state index in [1.807, 2.05) is 32.9 Å². The van der Waals surface area contributed by atoms with Crippen molar-refractivity contribution >= 4 is 40.4 Å². The van der Waals surface area contributed by atoms with Gasteiger partial charge in [-0.3, -0.25) is 13.6 Å². The smallest absolute Gasteiger partial charge is 0.474 e. The van der Waals surface area contributed by atoms with Crippen LogP contribution in [0, 0.1) is 12.7 Å². The van der Waals surface area contributed by atoms with Crippen molar-refractivity contribution in [3.8, 4) is 22.2 Å². The number of phosphoric acid groups is 1. The summed E-state index contributed by atoms with van der Waals surface area (Å²) in [6.45, 7) is 7.96. The fourth-order valence-corrected chi connectivity index (χ4v) is 7.01. The van der Waals surface area contributed by atoms with Crippen molar-refractivity contribution in [3.63, 3.8) is 0 Å². The molecule has 0 fully saturated rings. The first kappa shape index (κ1) is 27.9. The van der Waals surface area contributed by atoms with E-state index in [9.17, 15) is 4.57 Å². The van der Waals surface area contributed by atoms with Gasteiger partial charge in [-0.1, -0.05) is 13.8 Å². The first-order valence-corrected chi connectivity index (χ1v) is 15.1. The summed E-state index contributed by atoms with van der Waals surface area (Å²) in [5.74, 6) is 0.0668. The third-order valence-corrected chi connectivity index (χ3v) is 8.83. The fourth-order valence-electron chi connectivity index (χ4n) is 4.44. The quantitative estimate of drug-likeness (QED) is 0.174. The molecule has 2 aromatic carbocycles. The lowest BCUT2D eigenvalue weighted by molar-refractivity contribution is 0.0239. The van der Waals surface area contributed by atoms with Crippen molar-refractivity contribution < 1.29 is 32.0 Å². The highest BCUT2D eigenvalue weighted by Crippen LogP contribution is 2.52. The lowest BCUT2D eigenvalue weighted by Gasteiger charge is -2.26.